The van der Waals surface area contributed by atoms with E-state index in [1.807, 2.05) is 22.2 Å². The number of rotatable bonds is 5. The largest absolute Gasteiger partial charge is 0.330 e. The zero-order valence-corrected chi connectivity index (χ0v) is 20.6. The van der Waals surface area contributed by atoms with Gasteiger partial charge in [-0.05, 0) is 80.1 Å². The van der Waals surface area contributed by atoms with Gasteiger partial charge in [-0.25, -0.2) is 9.67 Å². The van der Waals surface area contributed by atoms with Crippen LogP contribution < -0.4 is 0 Å². The summed E-state index contributed by atoms with van der Waals surface area (Å²) in [5.74, 6) is 0.219. The number of nitrogens with zero attached hydrogens (tertiary/aromatic N) is 4. The summed E-state index contributed by atoms with van der Waals surface area (Å²) in [7, 11) is 0. The molecule has 1 atom stereocenters. The fourth-order valence-corrected chi connectivity index (χ4v) is 6.61. The molecule has 0 saturated carbocycles. The number of hydrogen-bond acceptors (Lipinski definition) is 5. The standard InChI is InChI=1S/C25H28N4OS2/c1-15(2)29-25-20(14-26-29)16(3)18(17(4)27-25)7-8-23(30)28-11-9-21-19(10-13-32-21)24(28)22-6-5-12-31-22/h5-6,10,12-15,24H,7-9,11H2,1-4H3. The van der Waals surface area contributed by atoms with Crippen molar-refractivity contribution in [2.24, 2.45) is 0 Å². The van der Waals surface area contributed by atoms with Gasteiger partial charge >= 0.3 is 0 Å². The number of pyridine rings is 1. The molecule has 32 heavy (non-hydrogen) atoms. The number of aromatic nitrogens is 3. The summed E-state index contributed by atoms with van der Waals surface area (Å²) in [5, 5.41) is 9.89. The highest BCUT2D eigenvalue weighted by molar-refractivity contribution is 7.10. The van der Waals surface area contributed by atoms with Crippen molar-refractivity contribution >= 4 is 39.6 Å². The summed E-state index contributed by atoms with van der Waals surface area (Å²) < 4.78 is 1.97. The Balaban J connectivity index is 1.41. The number of carbonyl (C=O) groups excluding carboxylic acids is 1. The molecule has 0 radical (unpaired) electrons. The molecule has 7 heteroatoms. The number of fused-ring (bicyclic) bond motifs is 2. The molecule has 0 aliphatic carbocycles. The van der Waals surface area contributed by atoms with E-state index in [9.17, 15) is 4.79 Å². The van der Waals surface area contributed by atoms with Crippen LogP contribution in [0.15, 0.2) is 35.2 Å². The van der Waals surface area contributed by atoms with Gasteiger partial charge in [0.25, 0.3) is 0 Å². The van der Waals surface area contributed by atoms with E-state index in [1.165, 1.54) is 26.4 Å². The van der Waals surface area contributed by atoms with E-state index in [-0.39, 0.29) is 18.0 Å². The van der Waals surface area contributed by atoms with E-state index in [2.05, 4.69) is 66.7 Å². The molecule has 5 heterocycles. The summed E-state index contributed by atoms with van der Waals surface area (Å²) in [4.78, 5) is 23.1. The smallest absolute Gasteiger partial charge is 0.223 e. The molecule has 5 rings (SSSR count). The molecule has 0 bridgehead atoms. The van der Waals surface area contributed by atoms with Gasteiger partial charge in [0.15, 0.2) is 5.65 Å². The van der Waals surface area contributed by atoms with Gasteiger partial charge in [-0.2, -0.15) is 5.10 Å². The third-order valence-electron chi connectivity index (χ3n) is 6.51. The van der Waals surface area contributed by atoms with Crippen LogP contribution >= 0.6 is 22.7 Å². The number of carbonyl (C=O) groups is 1. The van der Waals surface area contributed by atoms with E-state index in [4.69, 9.17) is 4.98 Å². The van der Waals surface area contributed by atoms with Crippen molar-refractivity contribution in [3.8, 4) is 0 Å². The maximum Gasteiger partial charge on any atom is 0.223 e. The highest BCUT2D eigenvalue weighted by Gasteiger charge is 2.33. The summed E-state index contributed by atoms with van der Waals surface area (Å²) in [6.45, 7) is 9.21. The maximum absolute atomic E-state index is 13.5. The monoisotopic (exact) mass is 464 g/mol. The van der Waals surface area contributed by atoms with Gasteiger partial charge in [0.2, 0.25) is 5.91 Å². The van der Waals surface area contributed by atoms with Crippen LogP contribution in [-0.2, 0) is 17.6 Å². The van der Waals surface area contributed by atoms with Crippen LogP contribution in [0.2, 0.25) is 0 Å². The summed E-state index contributed by atoms with van der Waals surface area (Å²) in [6, 6.07) is 6.74. The first-order valence-corrected chi connectivity index (χ1v) is 12.9. The maximum atomic E-state index is 13.5. The summed E-state index contributed by atoms with van der Waals surface area (Å²) in [6.07, 6.45) is 4.06. The lowest BCUT2D eigenvalue weighted by atomic mass is 9.96. The zero-order chi connectivity index (χ0) is 22.4. The van der Waals surface area contributed by atoms with Crippen LogP contribution in [-0.4, -0.2) is 32.1 Å². The van der Waals surface area contributed by atoms with Gasteiger partial charge in [-0.3, -0.25) is 4.79 Å². The molecule has 0 saturated heterocycles. The van der Waals surface area contributed by atoms with Gasteiger partial charge in [0, 0.05) is 39.8 Å². The topological polar surface area (TPSA) is 51.0 Å². The molecule has 1 unspecified atom stereocenters. The number of thiophene rings is 2. The molecule has 0 fully saturated rings. The summed E-state index contributed by atoms with van der Waals surface area (Å²) in [5.41, 5.74) is 5.60. The Morgan fingerprint density at radius 1 is 1.22 bits per heavy atom. The Morgan fingerprint density at radius 2 is 2.06 bits per heavy atom. The molecule has 0 N–H and O–H groups in total. The predicted molar refractivity (Wildman–Crippen MR) is 132 cm³/mol. The van der Waals surface area contributed by atoms with Gasteiger partial charge in [-0.1, -0.05) is 6.07 Å². The van der Waals surface area contributed by atoms with Crippen molar-refractivity contribution in [2.75, 3.05) is 6.54 Å². The Bertz CT molecular complexity index is 1270. The average molecular weight is 465 g/mol. The highest BCUT2D eigenvalue weighted by atomic mass is 32.1. The second-order valence-electron chi connectivity index (χ2n) is 8.78. The molecular weight excluding hydrogens is 436 g/mol. The lowest BCUT2D eigenvalue weighted by Gasteiger charge is -2.35. The Morgan fingerprint density at radius 3 is 2.81 bits per heavy atom. The van der Waals surface area contributed by atoms with E-state index < -0.39 is 0 Å². The van der Waals surface area contributed by atoms with Crippen LogP contribution in [0, 0.1) is 13.8 Å². The van der Waals surface area contributed by atoms with Crippen LogP contribution in [0.25, 0.3) is 11.0 Å². The fraction of sp³-hybridized carbons (Fsp3) is 0.400. The lowest BCUT2D eigenvalue weighted by molar-refractivity contribution is -0.133. The predicted octanol–water partition coefficient (Wildman–Crippen LogP) is 5.86. The molecule has 5 nitrogen and oxygen atoms in total. The number of amides is 1. The molecule has 1 aliphatic rings. The third kappa shape index (κ3) is 3.57. The molecule has 4 aromatic rings. The average Bonchev–Trinajstić information content (AvgIpc) is 3.52. The van der Waals surface area contributed by atoms with Gasteiger partial charge in [0.1, 0.15) is 0 Å². The third-order valence-corrected chi connectivity index (χ3v) is 8.43. The van der Waals surface area contributed by atoms with Gasteiger partial charge in [0.05, 0.1) is 12.2 Å². The van der Waals surface area contributed by atoms with Crippen molar-refractivity contribution in [2.45, 2.75) is 59.0 Å². The highest BCUT2D eigenvalue weighted by Crippen LogP contribution is 2.40. The first-order chi connectivity index (χ1) is 15.5. The minimum atomic E-state index is 0.0459. The van der Waals surface area contributed by atoms with Crippen LogP contribution in [0.1, 0.15) is 64.5 Å². The summed E-state index contributed by atoms with van der Waals surface area (Å²) >= 11 is 3.54. The number of aryl methyl sites for hydroxylation is 2. The Kier molecular flexibility index (Phi) is 5.63. The van der Waals surface area contributed by atoms with Gasteiger partial charge in [-0.15, -0.1) is 22.7 Å². The molecule has 4 aromatic heterocycles. The molecule has 1 amide bonds. The molecule has 1 aliphatic heterocycles. The molecule has 0 aromatic carbocycles. The lowest BCUT2D eigenvalue weighted by Crippen LogP contribution is -2.39. The first-order valence-electron chi connectivity index (χ1n) is 11.2. The first kappa shape index (κ1) is 21.3. The van der Waals surface area contributed by atoms with Crippen LogP contribution in [0.3, 0.4) is 0 Å². The quantitative estimate of drug-likeness (QED) is 0.372. The molecule has 0 spiro atoms. The van der Waals surface area contributed by atoms with E-state index in [1.54, 1.807) is 11.3 Å². The van der Waals surface area contributed by atoms with Crippen LogP contribution in [0.4, 0.5) is 0 Å². The minimum Gasteiger partial charge on any atom is -0.330 e. The van der Waals surface area contributed by atoms with E-state index in [0.29, 0.717) is 12.8 Å². The molecule has 166 valence electrons. The van der Waals surface area contributed by atoms with Crippen molar-refractivity contribution in [3.63, 3.8) is 0 Å². The van der Waals surface area contributed by atoms with E-state index in [0.717, 1.165) is 29.7 Å². The van der Waals surface area contributed by atoms with E-state index >= 15 is 0 Å². The second kappa shape index (κ2) is 8.45. The molecular formula is C25H28N4OS2. The normalized spacial score (nSPS) is 16.2. The van der Waals surface area contributed by atoms with Crippen molar-refractivity contribution < 1.29 is 4.79 Å². The number of hydrogen-bond donors (Lipinski definition) is 0. The van der Waals surface area contributed by atoms with Crippen molar-refractivity contribution in [1.82, 2.24) is 19.7 Å². The fourth-order valence-electron chi connectivity index (χ4n) is 4.85. The SMILES string of the molecule is Cc1nc2c(cnn2C(C)C)c(C)c1CCC(=O)N1CCc2sccc2C1c1cccs1. The van der Waals surface area contributed by atoms with Crippen molar-refractivity contribution in [3.05, 3.63) is 67.3 Å². The Labute approximate surface area is 196 Å². The van der Waals surface area contributed by atoms with Crippen LogP contribution in [0.5, 0.6) is 0 Å². The van der Waals surface area contributed by atoms with Gasteiger partial charge < -0.3 is 4.90 Å². The Hall–Kier alpha value is -2.51. The second-order valence-corrected chi connectivity index (χ2v) is 10.8. The zero-order valence-electron chi connectivity index (χ0n) is 19.0. The minimum absolute atomic E-state index is 0.0459. The van der Waals surface area contributed by atoms with Crippen molar-refractivity contribution in [1.29, 1.82) is 0 Å².